The molecule has 0 atom stereocenters. The van der Waals surface area contributed by atoms with Crippen LogP contribution in [0.5, 0.6) is 0 Å². The van der Waals surface area contributed by atoms with E-state index < -0.39 is 0 Å². The van der Waals surface area contributed by atoms with Crippen LogP contribution >= 0.6 is 0 Å². The Morgan fingerprint density at radius 3 is 2.45 bits per heavy atom. The van der Waals surface area contributed by atoms with E-state index >= 15 is 0 Å². The average Bonchev–Trinajstić information content (AvgIpc) is 2.54. The number of carbonyl (C=O) groups is 2. The van der Waals surface area contributed by atoms with Gasteiger partial charge in [-0.05, 0) is 19.1 Å². The Labute approximate surface area is 130 Å². The minimum Gasteiger partial charge on any atom is -0.450 e. The lowest BCUT2D eigenvalue weighted by atomic mass is 10.2. The van der Waals surface area contributed by atoms with Crippen molar-refractivity contribution in [1.29, 1.82) is 0 Å². The van der Waals surface area contributed by atoms with Crippen LogP contribution in [0.2, 0.25) is 0 Å². The molecule has 2 rings (SSSR count). The van der Waals surface area contributed by atoms with Gasteiger partial charge < -0.3 is 19.4 Å². The first-order valence-corrected chi connectivity index (χ1v) is 7.37. The highest BCUT2D eigenvalue weighted by molar-refractivity contribution is 5.95. The number of ether oxygens (including phenoxy) is 1. The summed E-state index contributed by atoms with van der Waals surface area (Å²) in [5.74, 6) is 0.713. The first-order chi connectivity index (χ1) is 10.5. The standard InChI is InChI=1S/C15H22N4O3/c1-4-22-15(21)19-9-7-18(8-10-19)14(20)12-5-6-16-13(11-12)17(2)3/h5-6,11H,4,7-10H2,1-3H3. The number of piperazine rings is 1. The lowest BCUT2D eigenvalue weighted by Crippen LogP contribution is -2.50. The van der Waals surface area contributed by atoms with E-state index in [0.29, 0.717) is 38.3 Å². The fourth-order valence-corrected chi connectivity index (χ4v) is 2.29. The minimum absolute atomic E-state index is 0.0333. The number of nitrogens with zero attached hydrogens (tertiary/aromatic N) is 4. The maximum atomic E-state index is 12.5. The summed E-state index contributed by atoms with van der Waals surface area (Å²) < 4.78 is 4.97. The number of amides is 2. The van der Waals surface area contributed by atoms with Crippen molar-refractivity contribution in [2.24, 2.45) is 0 Å². The number of hydrogen-bond donors (Lipinski definition) is 0. The van der Waals surface area contributed by atoms with Crippen molar-refractivity contribution in [3.63, 3.8) is 0 Å². The van der Waals surface area contributed by atoms with Crippen molar-refractivity contribution in [1.82, 2.24) is 14.8 Å². The molecule has 1 fully saturated rings. The molecule has 0 N–H and O–H groups in total. The summed E-state index contributed by atoms with van der Waals surface area (Å²) in [6.45, 7) is 4.16. The molecular weight excluding hydrogens is 284 g/mol. The molecule has 0 unspecified atom stereocenters. The highest BCUT2D eigenvalue weighted by Gasteiger charge is 2.25. The summed E-state index contributed by atoms with van der Waals surface area (Å²) in [5.41, 5.74) is 0.614. The zero-order valence-electron chi connectivity index (χ0n) is 13.3. The van der Waals surface area contributed by atoms with Gasteiger partial charge >= 0.3 is 6.09 Å². The Morgan fingerprint density at radius 2 is 1.86 bits per heavy atom. The summed E-state index contributed by atoms with van der Waals surface area (Å²) in [6.07, 6.45) is 1.32. The number of rotatable bonds is 3. The highest BCUT2D eigenvalue weighted by atomic mass is 16.6. The monoisotopic (exact) mass is 306 g/mol. The van der Waals surface area contributed by atoms with Crippen LogP contribution in [-0.4, -0.2) is 73.7 Å². The van der Waals surface area contributed by atoms with Crippen molar-refractivity contribution in [2.75, 3.05) is 51.8 Å². The van der Waals surface area contributed by atoms with Crippen LogP contribution < -0.4 is 4.90 Å². The summed E-state index contributed by atoms with van der Waals surface area (Å²) in [5, 5.41) is 0. The van der Waals surface area contributed by atoms with Crippen LogP contribution in [0.25, 0.3) is 0 Å². The molecule has 1 aliphatic heterocycles. The molecule has 7 nitrogen and oxygen atoms in total. The largest absolute Gasteiger partial charge is 0.450 e. The van der Waals surface area contributed by atoms with Crippen LogP contribution in [0.4, 0.5) is 10.6 Å². The van der Waals surface area contributed by atoms with Gasteiger partial charge in [0.05, 0.1) is 6.61 Å². The van der Waals surface area contributed by atoms with E-state index in [1.165, 1.54) is 0 Å². The Morgan fingerprint density at radius 1 is 1.23 bits per heavy atom. The van der Waals surface area contributed by atoms with Crippen molar-refractivity contribution in [3.05, 3.63) is 23.9 Å². The van der Waals surface area contributed by atoms with E-state index in [-0.39, 0.29) is 12.0 Å². The zero-order valence-corrected chi connectivity index (χ0v) is 13.3. The Hall–Kier alpha value is -2.31. The molecule has 0 spiro atoms. The smallest absolute Gasteiger partial charge is 0.409 e. The van der Waals surface area contributed by atoms with Crippen LogP contribution in [0.3, 0.4) is 0 Å². The van der Waals surface area contributed by atoms with Crippen molar-refractivity contribution in [3.8, 4) is 0 Å². The molecule has 1 saturated heterocycles. The third-order valence-corrected chi connectivity index (χ3v) is 3.54. The first kappa shape index (κ1) is 16.1. The molecular formula is C15H22N4O3. The maximum absolute atomic E-state index is 12.5. The molecule has 0 aromatic carbocycles. The normalized spacial score (nSPS) is 14.7. The zero-order chi connectivity index (χ0) is 16.1. The highest BCUT2D eigenvalue weighted by Crippen LogP contribution is 2.13. The molecule has 7 heteroatoms. The maximum Gasteiger partial charge on any atom is 0.409 e. The van der Waals surface area contributed by atoms with Gasteiger partial charge in [-0.1, -0.05) is 0 Å². The predicted molar refractivity (Wildman–Crippen MR) is 83.1 cm³/mol. The Balaban J connectivity index is 1.98. The lowest BCUT2D eigenvalue weighted by molar-refractivity contribution is 0.0570. The molecule has 0 bridgehead atoms. The van der Waals surface area contributed by atoms with E-state index in [9.17, 15) is 9.59 Å². The number of carbonyl (C=O) groups excluding carboxylic acids is 2. The fraction of sp³-hybridized carbons (Fsp3) is 0.533. The minimum atomic E-state index is -0.312. The molecule has 1 aliphatic rings. The molecule has 2 amide bonds. The number of anilines is 1. The quantitative estimate of drug-likeness (QED) is 0.835. The van der Waals surface area contributed by atoms with Crippen molar-refractivity contribution < 1.29 is 14.3 Å². The van der Waals surface area contributed by atoms with Crippen LogP contribution in [-0.2, 0) is 4.74 Å². The van der Waals surface area contributed by atoms with E-state index in [1.807, 2.05) is 19.0 Å². The van der Waals surface area contributed by atoms with Crippen LogP contribution in [0.1, 0.15) is 17.3 Å². The van der Waals surface area contributed by atoms with Crippen LogP contribution in [0.15, 0.2) is 18.3 Å². The topological polar surface area (TPSA) is 66.0 Å². The van der Waals surface area contributed by atoms with Gasteiger partial charge in [-0.25, -0.2) is 9.78 Å². The van der Waals surface area contributed by atoms with Gasteiger partial charge in [0.2, 0.25) is 0 Å². The predicted octanol–water partition coefficient (Wildman–Crippen LogP) is 1.06. The van der Waals surface area contributed by atoms with Gasteiger partial charge in [-0.3, -0.25) is 4.79 Å². The van der Waals surface area contributed by atoms with Gasteiger partial charge in [0.15, 0.2) is 0 Å². The first-order valence-electron chi connectivity index (χ1n) is 7.37. The van der Waals surface area contributed by atoms with Gasteiger partial charge in [-0.15, -0.1) is 0 Å². The molecule has 2 heterocycles. The summed E-state index contributed by atoms with van der Waals surface area (Å²) in [6, 6.07) is 3.49. The Bertz CT molecular complexity index is 539. The molecule has 120 valence electrons. The number of pyridine rings is 1. The molecule has 0 radical (unpaired) electrons. The van der Waals surface area contributed by atoms with Gasteiger partial charge in [0, 0.05) is 52.0 Å². The van der Waals surface area contributed by atoms with E-state index in [4.69, 9.17) is 4.74 Å². The van der Waals surface area contributed by atoms with Gasteiger partial charge in [0.1, 0.15) is 5.82 Å². The molecule has 0 saturated carbocycles. The average molecular weight is 306 g/mol. The summed E-state index contributed by atoms with van der Waals surface area (Å²) in [4.78, 5) is 33.6. The lowest BCUT2D eigenvalue weighted by Gasteiger charge is -2.34. The van der Waals surface area contributed by atoms with Gasteiger partial charge in [0.25, 0.3) is 5.91 Å². The SMILES string of the molecule is CCOC(=O)N1CCN(C(=O)c2ccnc(N(C)C)c2)CC1. The van der Waals surface area contributed by atoms with Crippen LogP contribution in [0, 0.1) is 0 Å². The number of aromatic nitrogens is 1. The molecule has 1 aromatic heterocycles. The van der Waals surface area contributed by atoms with E-state index in [2.05, 4.69) is 4.98 Å². The second-order valence-electron chi connectivity index (χ2n) is 5.28. The van der Waals surface area contributed by atoms with E-state index in [1.54, 1.807) is 35.1 Å². The molecule has 22 heavy (non-hydrogen) atoms. The van der Waals surface area contributed by atoms with Crippen molar-refractivity contribution >= 4 is 17.8 Å². The summed E-state index contributed by atoms with van der Waals surface area (Å²) >= 11 is 0. The Kier molecular flexibility index (Phi) is 5.19. The third kappa shape index (κ3) is 3.66. The van der Waals surface area contributed by atoms with Gasteiger partial charge in [-0.2, -0.15) is 0 Å². The number of hydrogen-bond acceptors (Lipinski definition) is 5. The second-order valence-corrected chi connectivity index (χ2v) is 5.28. The molecule has 1 aromatic rings. The third-order valence-electron chi connectivity index (χ3n) is 3.54. The molecule has 0 aliphatic carbocycles. The fourth-order valence-electron chi connectivity index (χ4n) is 2.29. The second kappa shape index (κ2) is 7.11. The summed E-state index contributed by atoms with van der Waals surface area (Å²) in [7, 11) is 3.77. The van der Waals surface area contributed by atoms with Crippen molar-refractivity contribution in [2.45, 2.75) is 6.92 Å². The van der Waals surface area contributed by atoms with E-state index in [0.717, 1.165) is 5.82 Å².